The zero-order valence-electron chi connectivity index (χ0n) is 15.9. The Balaban J connectivity index is 1.32. The monoisotopic (exact) mass is 375 g/mol. The number of ether oxygens (including phenoxy) is 2. The maximum Gasteiger partial charge on any atom is 0.138 e. The lowest BCUT2D eigenvalue weighted by Crippen LogP contribution is -2.46. The zero-order valence-corrected chi connectivity index (χ0v) is 15.9. The van der Waals surface area contributed by atoms with Gasteiger partial charge < -0.3 is 14.8 Å². The van der Waals surface area contributed by atoms with Crippen LogP contribution >= 0.6 is 0 Å². The lowest BCUT2D eigenvalue weighted by atomic mass is 10.1. The molecule has 1 N–H and O–H groups in total. The number of nitrogens with zero attached hydrogens (tertiary/aromatic N) is 2. The molecule has 3 aromatic rings. The molecule has 0 bridgehead atoms. The molecule has 0 saturated carbocycles. The number of hydrogen-bond acceptors (Lipinski definition) is 5. The molecule has 1 saturated heterocycles. The second-order valence-corrected chi connectivity index (χ2v) is 7.03. The first-order valence-corrected chi connectivity index (χ1v) is 9.74. The molecule has 0 amide bonds. The number of benzene rings is 1. The first-order valence-electron chi connectivity index (χ1n) is 9.74. The molecule has 2 aromatic heterocycles. The summed E-state index contributed by atoms with van der Waals surface area (Å²) in [4.78, 5) is 8.71. The van der Waals surface area contributed by atoms with Crippen LogP contribution in [0.2, 0.25) is 0 Å². The molecular weight excluding hydrogens is 350 g/mol. The van der Waals surface area contributed by atoms with Crippen LogP contribution in [0.15, 0.2) is 67.3 Å². The van der Waals surface area contributed by atoms with Gasteiger partial charge in [0.15, 0.2) is 0 Å². The Morgan fingerprint density at radius 2 is 1.71 bits per heavy atom. The molecule has 1 fully saturated rings. The largest absolute Gasteiger partial charge is 0.490 e. The van der Waals surface area contributed by atoms with Gasteiger partial charge in [-0.25, -0.2) is 0 Å². The molecule has 1 atom stereocenters. The Labute approximate surface area is 165 Å². The number of rotatable bonds is 9. The Bertz CT molecular complexity index is 882. The minimum absolute atomic E-state index is 0.463. The van der Waals surface area contributed by atoms with E-state index in [1.54, 1.807) is 6.20 Å². The van der Waals surface area contributed by atoms with Crippen LogP contribution in [-0.4, -0.2) is 35.8 Å². The summed E-state index contributed by atoms with van der Waals surface area (Å²) < 4.78 is 11.7. The Morgan fingerprint density at radius 1 is 0.929 bits per heavy atom. The highest BCUT2D eigenvalue weighted by atomic mass is 16.5. The molecule has 1 aliphatic rings. The van der Waals surface area contributed by atoms with Crippen molar-refractivity contribution in [3.05, 3.63) is 78.4 Å². The van der Waals surface area contributed by atoms with Crippen LogP contribution in [0.4, 0.5) is 0 Å². The van der Waals surface area contributed by atoms with E-state index in [9.17, 15) is 0 Å². The average molecular weight is 375 g/mol. The summed E-state index contributed by atoms with van der Waals surface area (Å²) in [6.45, 7) is 3.06. The Kier molecular flexibility index (Phi) is 6.27. The van der Waals surface area contributed by atoms with Gasteiger partial charge in [-0.3, -0.25) is 9.97 Å². The predicted octanol–water partition coefficient (Wildman–Crippen LogP) is 3.64. The second-order valence-electron chi connectivity index (χ2n) is 7.03. The van der Waals surface area contributed by atoms with E-state index in [0.29, 0.717) is 25.9 Å². The minimum Gasteiger partial charge on any atom is -0.490 e. The first-order chi connectivity index (χ1) is 13.9. The van der Waals surface area contributed by atoms with Crippen LogP contribution in [0, 0.1) is 0 Å². The van der Waals surface area contributed by atoms with Gasteiger partial charge in [0.05, 0.1) is 19.4 Å². The number of nitrogens with one attached hydrogen (secondary N) is 1. The fourth-order valence-corrected chi connectivity index (χ4v) is 3.08. The number of aromatic nitrogens is 2. The van der Waals surface area contributed by atoms with Crippen molar-refractivity contribution in [2.24, 2.45) is 0 Å². The van der Waals surface area contributed by atoms with Crippen molar-refractivity contribution in [1.29, 1.82) is 0 Å². The molecule has 0 aliphatic carbocycles. The van der Waals surface area contributed by atoms with E-state index >= 15 is 0 Å². The topological polar surface area (TPSA) is 56.3 Å². The lowest BCUT2D eigenvalue weighted by molar-refractivity contribution is 0.124. The summed E-state index contributed by atoms with van der Waals surface area (Å²) in [6, 6.07) is 14.9. The van der Waals surface area contributed by atoms with E-state index in [-0.39, 0.29) is 0 Å². The molecule has 4 rings (SSSR count). The zero-order chi connectivity index (χ0) is 19.0. The van der Waals surface area contributed by atoms with E-state index in [0.717, 1.165) is 35.4 Å². The Morgan fingerprint density at radius 3 is 2.50 bits per heavy atom. The first kappa shape index (κ1) is 18.6. The van der Waals surface area contributed by atoms with Crippen molar-refractivity contribution < 1.29 is 9.47 Å². The molecular formula is C23H25N3O2. The maximum atomic E-state index is 5.86. The smallest absolute Gasteiger partial charge is 0.138 e. The molecule has 1 unspecified atom stereocenters. The highest BCUT2D eigenvalue weighted by molar-refractivity contribution is 5.63. The third-order valence-electron chi connectivity index (χ3n) is 4.86. The van der Waals surface area contributed by atoms with Gasteiger partial charge in [0.2, 0.25) is 0 Å². The molecule has 5 heteroatoms. The van der Waals surface area contributed by atoms with Crippen molar-refractivity contribution in [2.45, 2.75) is 25.5 Å². The molecule has 0 spiro atoms. The van der Waals surface area contributed by atoms with Crippen molar-refractivity contribution >= 4 is 0 Å². The highest BCUT2D eigenvalue weighted by Crippen LogP contribution is 2.23. The van der Waals surface area contributed by atoms with Crippen LogP contribution < -0.4 is 10.1 Å². The van der Waals surface area contributed by atoms with Gasteiger partial charge >= 0.3 is 0 Å². The van der Waals surface area contributed by atoms with E-state index < -0.39 is 0 Å². The SMILES string of the molecule is c1ccc(COCCc2cncc(-c3cncc(OCC4CCN4)c3)c2)cc1. The molecule has 144 valence electrons. The van der Waals surface area contributed by atoms with Gasteiger partial charge in [-0.05, 0) is 42.6 Å². The van der Waals surface area contributed by atoms with Crippen molar-refractivity contribution in [1.82, 2.24) is 15.3 Å². The van der Waals surface area contributed by atoms with Gasteiger partial charge in [-0.1, -0.05) is 30.3 Å². The summed E-state index contributed by atoms with van der Waals surface area (Å²) in [5.74, 6) is 0.794. The predicted molar refractivity (Wildman–Crippen MR) is 109 cm³/mol. The van der Waals surface area contributed by atoms with E-state index in [4.69, 9.17) is 9.47 Å². The van der Waals surface area contributed by atoms with Gasteiger partial charge in [-0.15, -0.1) is 0 Å². The summed E-state index contributed by atoms with van der Waals surface area (Å²) >= 11 is 0. The van der Waals surface area contributed by atoms with Crippen LogP contribution in [0.3, 0.4) is 0 Å². The van der Waals surface area contributed by atoms with Crippen molar-refractivity contribution in [3.63, 3.8) is 0 Å². The molecule has 0 radical (unpaired) electrons. The standard InChI is InChI=1S/C23H25N3O2/c1-2-4-18(5-3-1)16-27-9-7-19-10-20(13-24-12-19)21-11-23(15-25-14-21)28-17-22-6-8-26-22/h1-5,10-15,22,26H,6-9,16-17H2. The van der Waals surface area contributed by atoms with E-state index in [1.807, 2.05) is 42.9 Å². The van der Waals surface area contributed by atoms with Crippen LogP contribution in [0.5, 0.6) is 5.75 Å². The van der Waals surface area contributed by atoms with E-state index in [2.05, 4.69) is 33.5 Å². The molecule has 3 heterocycles. The summed E-state index contributed by atoms with van der Waals surface area (Å²) in [6.07, 6.45) is 9.36. The number of hydrogen-bond donors (Lipinski definition) is 1. The molecule has 28 heavy (non-hydrogen) atoms. The van der Waals surface area contributed by atoms with Crippen molar-refractivity contribution in [3.8, 4) is 16.9 Å². The summed E-state index contributed by atoms with van der Waals surface area (Å²) in [5.41, 5.74) is 4.39. The second kappa shape index (κ2) is 9.44. The van der Waals surface area contributed by atoms with Crippen molar-refractivity contribution in [2.75, 3.05) is 19.8 Å². The minimum atomic E-state index is 0.463. The molecule has 1 aromatic carbocycles. The normalized spacial score (nSPS) is 15.8. The van der Waals surface area contributed by atoms with Crippen LogP contribution in [-0.2, 0) is 17.8 Å². The third kappa shape index (κ3) is 5.15. The molecule has 1 aliphatic heterocycles. The van der Waals surface area contributed by atoms with Crippen LogP contribution in [0.1, 0.15) is 17.5 Å². The van der Waals surface area contributed by atoms with Gasteiger partial charge in [0, 0.05) is 35.8 Å². The fourth-order valence-electron chi connectivity index (χ4n) is 3.08. The lowest BCUT2D eigenvalue weighted by Gasteiger charge is -2.27. The van der Waals surface area contributed by atoms with Gasteiger partial charge in [-0.2, -0.15) is 0 Å². The average Bonchev–Trinajstić information content (AvgIpc) is 2.71. The number of pyridine rings is 2. The van der Waals surface area contributed by atoms with Gasteiger partial charge in [0.25, 0.3) is 0 Å². The van der Waals surface area contributed by atoms with E-state index in [1.165, 1.54) is 12.0 Å². The Hall–Kier alpha value is -2.76. The fraction of sp³-hybridized carbons (Fsp3) is 0.304. The quantitative estimate of drug-likeness (QED) is 0.579. The summed E-state index contributed by atoms with van der Waals surface area (Å²) in [7, 11) is 0. The van der Waals surface area contributed by atoms with Gasteiger partial charge in [0.1, 0.15) is 12.4 Å². The maximum absolute atomic E-state index is 5.86. The summed E-state index contributed by atoms with van der Waals surface area (Å²) in [5, 5.41) is 3.34. The highest BCUT2D eigenvalue weighted by Gasteiger charge is 2.16. The molecule has 5 nitrogen and oxygen atoms in total. The third-order valence-corrected chi connectivity index (χ3v) is 4.86. The van der Waals surface area contributed by atoms with Crippen LogP contribution in [0.25, 0.3) is 11.1 Å².